The van der Waals surface area contributed by atoms with Crippen LogP contribution in [-0.2, 0) is 6.42 Å². The maximum Gasteiger partial charge on any atom is 0.317 e. The fourth-order valence-electron chi connectivity index (χ4n) is 3.19. The molecule has 1 fully saturated rings. The molecule has 1 aliphatic heterocycles. The van der Waals surface area contributed by atoms with E-state index in [1.165, 1.54) is 11.3 Å². The number of nitrogens with zero attached hydrogens (tertiary/aromatic N) is 2. The van der Waals surface area contributed by atoms with Crippen LogP contribution in [0.3, 0.4) is 0 Å². The summed E-state index contributed by atoms with van der Waals surface area (Å²) in [5.41, 5.74) is 2.43. The summed E-state index contributed by atoms with van der Waals surface area (Å²) < 4.78 is 0. The number of hydrogen-bond acceptors (Lipinski definition) is 3. The maximum atomic E-state index is 12.3. The Hall–Kier alpha value is -1.75. The van der Waals surface area contributed by atoms with Crippen LogP contribution in [0.5, 0.6) is 0 Å². The minimum Gasteiger partial charge on any atom is -0.396 e. The Morgan fingerprint density at radius 3 is 2.38 bits per heavy atom. The van der Waals surface area contributed by atoms with Crippen LogP contribution < -0.4 is 10.2 Å². The highest BCUT2D eigenvalue weighted by molar-refractivity contribution is 5.74. The lowest BCUT2D eigenvalue weighted by atomic mass is 9.77. The van der Waals surface area contributed by atoms with Gasteiger partial charge in [0.1, 0.15) is 0 Å². The molecule has 1 saturated heterocycles. The van der Waals surface area contributed by atoms with Crippen LogP contribution in [0.25, 0.3) is 0 Å². The van der Waals surface area contributed by atoms with Crippen LogP contribution >= 0.6 is 0 Å². The van der Waals surface area contributed by atoms with Gasteiger partial charge in [-0.1, -0.05) is 19.1 Å². The fraction of sp³-hybridized carbons (Fsp3) is 0.632. The molecule has 1 aromatic carbocycles. The molecule has 5 nitrogen and oxygen atoms in total. The standard InChI is InChI=1S/C19H31N3O2/c1-4-19(15-23)10-13-22(14-11-19)18(24)20-12-9-16-5-7-17(8-6-16)21(2)3/h5-8,23H,4,9-15H2,1-3H3,(H,20,24). The van der Waals surface area contributed by atoms with Crippen molar-refractivity contribution in [2.45, 2.75) is 32.6 Å². The van der Waals surface area contributed by atoms with E-state index in [4.69, 9.17) is 0 Å². The Morgan fingerprint density at radius 2 is 1.88 bits per heavy atom. The van der Waals surface area contributed by atoms with Gasteiger partial charge in [0.2, 0.25) is 0 Å². The molecule has 0 spiro atoms. The van der Waals surface area contributed by atoms with Gasteiger partial charge in [0.15, 0.2) is 0 Å². The number of aliphatic hydroxyl groups excluding tert-OH is 1. The van der Waals surface area contributed by atoms with Gasteiger partial charge in [-0.25, -0.2) is 4.79 Å². The lowest BCUT2D eigenvalue weighted by molar-refractivity contribution is 0.0520. The lowest BCUT2D eigenvalue weighted by Crippen LogP contribution is -2.48. The van der Waals surface area contributed by atoms with Crippen molar-refractivity contribution >= 4 is 11.7 Å². The molecule has 0 unspecified atom stereocenters. The van der Waals surface area contributed by atoms with E-state index < -0.39 is 0 Å². The molecular weight excluding hydrogens is 302 g/mol. The Kier molecular flexibility index (Phi) is 6.49. The van der Waals surface area contributed by atoms with Crippen molar-refractivity contribution < 1.29 is 9.90 Å². The summed E-state index contributed by atoms with van der Waals surface area (Å²) in [6.45, 7) is 4.46. The quantitative estimate of drug-likeness (QED) is 0.841. The molecule has 1 aliphatic rings. The first-order valence-corrected chi connectivity index (χ1v) is 8.89. The number of hydrogen-bond donors (Lipinski definition) is 2. The van der Waals surface area contributed by atoms with Gasteiger partial charge in [0.05, 0.1) is 0 Å². The van der Waals surface area contributed by atoms with E-state index in [-0.39, 0.29) is 18.1 Å². The zero-order valence-electron chi connectivity index (χ0n) is 15.2. The molecule has 2 amide bonds. The van der Waals surface area contributed by atoms with E-state index in [2.05, 4.69) is 41.4 Å². The van der Waals surface area contributed by atoms with E-state index in [0.717, 1.165) is 38.8 Å². The van der Waals surface area contributed by atoms with Crippen molar-refractivity contribution in [1.82, 2.24) is 10.2 Å². The molecule has 0 bridgehead atoms. The third-order valence-electron chi connectivity index (χ3n) is 5.34. The number of aliphatic hydroxyl groups is 1. The highest BCUT2D eigenvalue weighted by Gasteiger charge is 2.33. The molecule has 0 aliphatic carbocycles. The number of urea groups is 1. The predicted octanol–water partition coefficient (Wildman–Crippen LogP) is 2.49. The molecule has 2 N–H and O–H groups in total. The summed E-state index contributed by atoms with van der Waals surface area (Å²) >= 11 is 0. The molecule has 0 saturated carbocycles. The van der Waals surface area contributed by atoms with Crippen LogP contribution in [0.1, 0.15) is 31.7 Å². The fourth-order valence-corrected chi connectivity index (χ4v) is 3.19. The average Bonchev–Trinajstić information content (AvgIpc) is 2.62. The zero-order valence-corrected chi connectivity index (χ0v) is 15.2. The van der Waals surface area contributed by atoms with Crippen LogP contribution in [0.4, 0.5) is 10.5 Å². The number of amides is 2. The van der Waals surface area contributed by atoms with Crippen molar-refractivity contribution in [2.75, 3.05) is 45.2 Å². The van der Waals surface area contributed by atoms with Gasteiger partial charge >= 0.3 is 6.03 Å². The van der Waals surface area contributed by atoms with Gasteiger partial charge in [-0.3, -0.25) is 0 Å². The molecule has 134 valence electrons. The van der Waals surface area contributed by atoms with Crippen molar-refractivity contribution in [3.05, 3.63) is 29.8 Å². The number of nitrogens with one attached hydrogen (secondary N) is 1. The Bertz CT molecular complexity index is 514. The third-order valence-corrected chi connectivity index (χ3v) is 5.34. The van der Waals surface area contributed by atoms with E-state index in [1.54, 1.807) is 0 Å². The van der Waals surface area contributed by atoms with E-state index >= 15 is 0 Å². The zero-order chi connectivity index (χ0) is 17.6. The summed E-state index contributed by atoms with van der Waals surface area (Å²) in [5.74, 6) is 0. The first-order chi connectivity index (χ1) is 11.5. The Balaban J connectivity index is 1.74. The molecule has 0 radical (unpaired) electrons. The Morgan fingerprint density at radius 1 is 1.25 bits per heavy atom. The van der Waals surface area contributed by atoms with Crippen molar-refractivity contribution in [2.24, 2.45) is 5.41 Å². The minimum absolute atomic E-state index is 0.0163. The van der Waals surface area contributed by atoms with Gasteiger partial charge in [-0.2, -0.15) is 0 Å². The number of carbonyl (C=O) groups excluding carboxylic acids is 1. The predicted molar refractivity (Wildman–Crippen MR) is 98.5 cm³/mol. The molecule has 0 aromatic heterocycles. The van der Waals surface area contributed by atoms with Gasteiger partial charge in [0, 0.05) is 46.0 Å². The minimum atomic E-state index is 0.0163. The molecule has 1 heterocycles. The van der Waals surface area contributed by atoms with Gasteiger partial charge in [-0.15, -0.1) is 0 Å². The monoisotopic (exact) mass is 333 g/mol. The van der Waals surface area contributed by atoms with E-state index in [0.29, 0.717) is 6.54 Å². The van der Waals surface area contributed by atoms with Crippen LogP contribution in [0.15, 0.2) is 24.3 Å². The largest absolute Gasteiger partial charge is 0.396 e. The molecular formula is C19H31N3O2. The molecule has 24 heavy (non-hydrogen) atoms. The first kappa shape index (κ1) is 18.6. The normalized spacial score (nSPS) is 16.8. The van der Waals surface area contributed by atoms with Gasteiger partial charge in [0.25, 0.3) is 0 Å². The van der Waals surface area contributed by atoms with Crippen molar-refractivity contribution in [1.29, 1.82) is 0 Å². The SMILES string of the molecule is CCC1(CO)CCN(C(=O)NCCc2ccc(N(C)C)cc2)CC1. The van der Waals surface area contributed by atoms with Crippen LogP contribution in [0.2, 0.25) is 0 Å². The molecule has 2 rings (SSSR count). The smallest absolute Gasteiger partial charge is 0.317 e. The molecule has 1 aromatic rings. The number of piperidine rings is 1. The van der Waals surface area contributed by atoms with Gasteiger partial charge in [-0.05, 0) is 48.8 Å². The maximum absolute atomic E-state index is 12.3. The summed E-state index contributed by atoms with van der Waals surface area (Å²) in [6.07, 6.45) is 3.59. The van der Waals surface area contributed by atoms with Gasteiger partial charge < -0.3 is 20.2 Å². The number of rotatable bonds is 6. The van der Waals surface area contributed by atoms with E-state index in [1.807, 2.05) is 19.0 Å². The number of anilines is 1. The summed E-state index contributed by atoms with van der Waals surface area (Å²) in [5, 5.41) is 12.6. The van der Waals surface area contributed by atoms with Crippen LogP contribution in [-0.4, -0.2) is 56.4 Å². The highest BCUT2D eigenvalue weighted by Crippen LogP contribution is 2.34. The third kappa shape index (κ3) is 4.63. The number of carbonyl (C=O) groups is 1. The second-order valence-electron chi connectivity index (χ2n) is 7.04. The van der Waals surface area contributed by atoms with Crippen LogP contribution in [0, 0.1) is 5.41 Å². The van der Waals surface area contributed by atoms with E-state index in [9.17, 15) is 9.90 Å². The number of benzene rings is 1. The topological polar surface area (TPSA) is 55.8 Å². The summed E-state index contributed by atoms with van der Waals surface area (Å²) in [6, 6.07) is 8.43. The Labute approximate surface area is 145 Å². The molecule has 5 heteroatoms. The number of likely N-dealkylation sites (tertiary alicyclic amines) is 1. The lowest BCUT2D eigenvalue weighted by Gasteiger charge is -2.40. The summed E-state index contributed by atoms with van der Waals surface area (Å²) in [4.78, 5) is 16.2. The first-order valence-electron chi connectivity index (χ1n) is 8.89. The highest BCUT2D eigenvalue weighted by atomic mass is 16.3. The summed E-state index contributed by atoms with van der Waals surface area (Å²) in [7, 11) is 4.05. The van der Waals surface area contributed by atoms with Crippen molar-refractivity contribution in [3.63, 3.8) is 0 Å². The second-order valence-corrected chi connectivity index (χ2v) is 7.04. The average molecular weight is 333 g/mol. The second kappa shape index (κ2) is 8.38. The van der Waals surface area contributed by atoms with Crippen molar-refractivity contribution in [3.8, 4) is 0 Å². The molecule has 0 atom stereocenters.